The molecule has 1 aliphatic carbocycles. The van der Waals surface area contributed by atoms with Crippen LogP contribution in [0.15, 0.2) is 29.0 Å². The zero-order valence-electron chi connectivity index (χ0n) is 19.6. The van der Waals surface area contributed by atoms with Crippen molar-refractivity contribution in [3.05, 3.63) is 47.2 Å². The van der Waals surface area contributed by atoms with E-state index in [1.54, 1.807) is 13.0 Å². The molecule has 1 amide bonds. The first kappa shape index (κ1) is 22.0. The van der Waals surface area contributed by atoms with Crippen molar-refractivity contribution in [1.29, 1.82) is 0 Å². The Morgan fingerprint density at radius 2 is 2.09 bits per heavy atom. The maximum absolute atomic E-state index is 12.9. The van der Waals surface area contributed by atoms with Crippen molar-refractivity contribution in [2.75, 3.05) is 19.8 Å². The molecular weight excluding hydrogens is 434 g/mol. The van der Waals surface area contributed by atoms with Crippen LogP contribution in [0.1, 0.15) is 60.2 Å². The Hall–Kier alpha value is -3.86. The molecule has 4 heterocycles. The predicted molar refractivity (Wildman–Crippen MR) is 126 cm³/mol. The second-order valence-corrected chi connectivity index (χ2v) is 9.35. The third-order valence-corrected chi connectivity index (χ3v) is 6.18. The van der Waals surface area contributed by atoms with Gasteiger partial charge in [0.15, 0.2) is 17.2 Å². The number of imidazole rings is 1. The molecule has 0 aromatic carbocycles. The Bertz CT molecular complexity index is 1370. The second-order valence-electron chi connectivity index (χ2n) is 9.35. The maximum atomic E-state index is 12.9. The number of aromatic nitrogens is 6. The van der Waals surface area contributed by atoms with Gasteiger partial charge in [0, 0.05) is 29.3 Å². The monoisotopic (exact) mass is 461 g/mol. The number of H-pyrrole nitrogens is 1. The van der Waals surface area contributed by atoms with Gasteiger partial charge in [-0.2, -0.15) is 0 Å². The summed E-state index contributed by atoms with van der Waals surface area (Å²) in [5, 5.41) is 7.03. The highest BCUT2D eigenvalue weighted by atomic mass is 16.5. The van der Waals surface area contributed by atoms with Crippen LogP contribution < -0.4 is 11.1 Å². The van der Waals surface area contributed by atoms with Gasteiger partial charge in [0.1, 0.15) is 23.5 Å². The summed E-state index contributed by atoms with van der Waals surface area (Å²) >= 11 is 0. The normalized spacial score (nSPS) is 15.6. The fourth-order valence-corrected chi connectivity index (χ4v) is 3.83. The number of hydrogen-bond acceptors (Lipinski definition) is 9. The minimum absolute atomic E-state index is 0.169. The summed E-state index contributed by atoms with van der Waals surface area (Å²) in [4.78, 5) is 35.5. The number of carbonyl (C=O) groups excluding carboxylic acids is 1. The maximum Gasteiger partial charge on any atom is 0.271 e. The van der Waals surface area contributed by atoms with Gasteiger partial charge in [-0.3, -0.25) is 4.79 Å². The summed E-state index contributed by atoms with van der Waals surface area (Å²) in [6, 6.07) is 5.34. The number of aromatic amines is 1. The molecule has 1 aliphatic rings. The SMILES string of the molecule is C[C@@H](NC(=O)c1ncnc(N)c1CN(C)C)c1cc(-c2nc3nc(C4(C)CC4)ccc3[nH]2)no1. The Balaban J connectivity index is 1.34. The van der Waals surface area contributed by atoms with Crippen LogP contribution in [0.4, 0.5) is 5.82 Å². The number of fused-ring (bicyclic) bond motifs is 1. The van der Waals surface area contributed by atoms with E-state index in [2.05, 4.69) is 37.3 Å². The number of anilines is 1. The third-order valence-electron chi connectivity index (χ3n) is 6.18. The van der Waals surface area contributed by atoms with Crippen LogP contribution >= 0.6 is 0 Å². The van der Waals surface area contributed by atoms with Gasteiger partial charge >= 0.3 is 0 Å². The number of carbonyl (C=O) groups is 1. The highest BCUT2D eigenvalue weighted by Crippen LogP contribution is 2.46. The number of nitrogen functional groups attached to an aromatic ring is 1. The third kappa shape index (κ3) is 4.10. The number of rotatable bonds is 7. The van der Waals surface area contributed by atoms with Crippen LogP contribution in [0.3, 0.4) is 0 Å². The molecule has 0 unspecified atom stereocenters. The lowest BCUT2D eigenvalue weighted by molar-refractivity contribution is 0.0927. The fourth-order valence-electron chi connectivity index (χ4n) is 3.83. The molecule has 5 rings (SSSR count). The zero-order chi connectivity index (χ0) is 24.0. The van der Waals surface area contributed by atoms with Crippen molar-refractivity contribution in [3.8, 4) is 11.5 Å². The average molecular weight is 462 g/mol. The summed E-state index contributed by atoms with van der Waals surface area (Å²) in [7, 11) is 3.76. The van der Waals surface area contributed by atoms with Crippen molar-refractivity contribution in [2.45, 2.75) is 44.7 Å². The Labute approximate surface area is 196 Å². The smallest absolute Gasteiger partial charge is 0.271 e. The van der Waals surface area contributed by atoms with Crippen molar-refractivity contribution in [3.63, 3.8) is 0 Å². The van der Waals surface area contributed by atoms with E-state index >= 15 is 0 Å². The molecule has 4 N–H and O–H groups in total. The summed E-state index contributed by atoms with van der Waals surface area (Å²) < 4.78 is 5.51. The van der Waals surface area contributed by atoms with E-state index in [0.717, 1.165) is 24.1 Å². The van der Waals surface area contributed by atoms with Gasteiger partial charge in [-0.15, -0.1) is 0 Å². The van der Waals surface area contributed by atoms with E-state index in [-0.39, 0.29) is 22.8 Å². The second kappa shape index (κ2) is 8.17. The van der Waals surface area contributed by atoms with Crippen molar-refractivity contribution in [1.82, 2.24) is 40.3 Å². The fraction of sp³-hybridized carbons (Fsp3) is 0.391. The van der Waals surface area contributed by atoms with E-state index in [1.165, 1.54) is 6.33 Å². The van der Waals surface area contributed by atoms with Gasteiger partial charge in [0.05, 0.1) is 11.6 Å². The number of pyridine rings is 1. The van der Waals surface area contributed by atoms with Crippen LogP contribution in [0.25, 0.3) is 22.7 Å². The lowest BCUT2D eigenvalue weighted by atomic mass is 10.1. The van der Waals surface area contributed by atoms with Gasteiger partial charge in [0.2, 0.25) is 0 Å². The van der Waals surface area contributed by atoms with E-state index in [0.29, 0.717) is 35.0 Å². The number of nitrogens with one attached hydrogen (secondary N) is 2. The molecule has 176 valence electrons. The molecule has 11 heteroatoms. The van der Waals surface area contributed by atoms with E-state index in [1.807, 2.05) is 31.1 Å². The topological polar surface area (TPSA) is 152 Å². The highest BCUT2D eigenvalue weighted by Gasteiger charge is 2.40. The molecule has 34 heavy (non-hydrogen) atoms. The van der Waals surface area contributed by atoms with Gasteiger partial charge in [-0.25, -0.2) is 19.9 Å². The molecular formula is C23H27N9O2. The first-order valence-electron chi connectivity index (χ1n) is 11.1. The van der Waals surface area contributed by atoms with Crippen LogP contribution in [0, 0.1) is 0 Å². The van der Waals surface area contributed by atoms with E-state index in [4.69, 9.17) is 15.2 Å². The molecule has 0 saturated heterocycles. The molecule has 1 fully saturated rings. The molecule has 0 radical (unpaired) electrons. The number of nitrogens with two attached hydrogens (primary N) is 1. The standard InChI is InChI=1S/C23H27N9O2/c1-12(27-22(33)18-13(10-32(3)4)19(24)26-11-25-18)16-9-15(31-34-16)21-28-14-5-6-17(23(2)7-8-23)29-20(14)30-21/h5-6,9,11-12H,7-8,10H2,1-4H3,(H,27,33)(H2,24,25,26)(H,28,29,30)/t12-/m1/s1. The van der Waals surface area contributed by atoms with E-state index < -0.39 is 6.04 Å². The molecule has 0 spiro atoms. The molecule has 1 atom stereocenters. The summed E-state index contributed by atoms with van der Waals surface area (Å²) in [5.74, 6) is 0.955. The van der Waals surface area contributed by atoms with Crippen molar-refractivity contribution in [2.24, 2.45) is 0 Å². The van der Waals surface area contributed by atoms with Gasteiger partial charge in [0.25, 0.3) is 5.91 Å². The largest absolute Gasteiger partial charge is 0.383 e. The minimum atomic E-state index is -0.457. The number of amides is 1. The van der Waals surface area contributed by atoms with Gasteiger partial charge in [-0.05, 0) is 46.0 Å². The molecule has 4 aromatic rings. The summed E-state index contributed by atoms with van der Waals surface area (Å²) in [5.41, 5.74) is 10.0. The molecule has 4 aromatic heterocycles. The van der Waals surface area contributed by atoms with Crippen LogP contribution in [-0.4, -0.2) is 55.0 Å². The molecule has 1 saturated carbocycles. The van der Waals surface area contributed by atoms with Gasteiger partial charge < -0.3 is 25.5 Å². The van der Waals surface area contributed by atoms with Crippen LogP contribution in [0.2, 0.25) is 0 Å². The number of hydrogen-bond donors (Lipinski definition) is 3. The Kier molecular flexibility index (Phi) is 5.28. The lowest BCUT2D eigenvalue weighted by Crippen LogP contribution is -2.29. The summed E-state index contributed by atoms with van der Waals surface area (Å²) in [6.45, 7) is 4.46. The molecule has 0 aliphatic heterocycles. The predicted octanol–water partition coefficient (Wildman–Crippen LogP) is 2.59. The number of nitrogens with zero attached hydrogens (tertiary/aromatic N) is 6. The summed E-state index contributed by atoms with van der Waals surface area (Å²) in [6.07, 6.45) is 3.58. The minimum Gasteiger partial charge on any atom is -0.383 e. The van der Waals surface area contributed by atoms with Crippen LogP contribution in [0.5, 0.6) is 0 Å². The Morgan fingerprint density at radius 3 is 2.82 bits per heavy atom. The first-order valence-corrected chi connectivity index (χ1v) is 11.1. The van der Waals surface area contributed by atoms with E-state index in [9.17, 15) is 4.79 Å². The molecule has 11 nitrogen and oxygen atoms in total. The van der Waals surface area contributed by atoms with Crippen molar-refractivity contribution < 1.29 is 9.32 Å². The first-order chi connectivity index (χ1) is 16.2. The zero-order valence-corrected chi connectivity index (χ0v) is 19.6. The quantitative estimate of drug-likeness (QED) is 0.377. The van der Waals surface area contributed by atoms with Gasteiger partial charge in [-0.1, -0.05) is 12.1 Å². The average Bonchev–Trinajstić information content (AvgIpc) is 3.21. The van der Waals surface area contributed by atoms with Crippen molar-refractivity contribution >= 4 is 22.9 Å². The van der Waals surface area contributed by atoms with Crippen LogP contribution in [-0.2, 0) is 12.0 Å². The Morgan fingerprint density at radius 1 is 1.29 bits per heavy atom. The lowest BCUT2D eigenvalue weighted by Gasteiger charge is -2.16. The molecule has 0 bridgehead atoms. The highest BCUT2D eigenvalue weighted by molar-refractivity contribution is 5.94.